The van der Waals surface area contributed by atoms with Crippen LogP contribution in [0.1, 0.15) is 54.3 Å². The van der Waals surface area contributed by atoms with Gasteiger partial charge in [0.2, 0.25) is 0 Å². The van der Waals surface area contributed by atoms with Gasteiger partial charge in [-0.05, 0) is 48.7 Å². The van der Waals surface area contributed by atoms with Gasteiger partial charge in [0.05, 0.1) is 31.0 Å². The summed E-state index contributed by atoms with van der Waals surface area (Å²) in [6, 6.07) is 12.0. The van der Waals surface area contributed by atoms with Crippen LogP contribution in [0.3, 0.4) is 0 Å². The maximum atomic E-state index is 15.1. The average Bonchev–Trinajstić information content (AvgIpc) is 2.87. The van der Waals surface area contributed by atoms with Crippen molar-refractivity contribution in [3.8, 4) is 17.0 Å². The van der Waals surface area contributed by atoms with Gasteiger partial charge in [-0.15, -0.1) is 0 Å². The molecule has 38 heavy (non-hydrogen) atoms. The fourth-order valence-electron chi connectivity index (χ4n) is 3.69. The van der Waals surface area contributed by atoms with Gasteiger partial charge in [-0.1, -0.05) is 32.0 Å². The maximum Gasteiger partial charge on any atom is 0.416 e. The summed E-state index contributed by atoms with van der Waals surface area (Å²) in [6.07, 6.45) is -3.19. The lowest BCUT2D eigenvalue weighted by molar-refractivity contribution is -0.140. The number of rotatable bonds is 10. The van der Waals surface area contributed by atoms with E-state index in [1.165, 1.54) is 37.6 Å². The third-order valence-corrected chi connectivity index (χ3v) is 5.66. The van der Waals surface area contributed by atoms with Crippen LogP contribution in [0.15, 0.2) is 60.8 Å². The van der Waals surface area contributed by atoms with E-state index in [2.05, 4.69) is 15.0 Å². The summed E-state index contributed by atoms with van der Waals surface area (Å²) in [5.41, 5.74) is 0.582. The molecule has 202 valence electrons. The Hall–Kier alpha value is -3.95. The Balaban J connectivity index is 1.73. The second-order valence-corrected chi connectivity index (χ2v) is 9.01. The number of hydrogen-bond donors (Lipinski definition) is 1. The number of aromatic nitrogens is 1. The molecule has 0 aliphatic carbocycles. The number of benzene rings is 2. The van der Waals surface area contributed by atoms with Gasteiger partial charge < -0.3 is 14.8 Å². The van der Waals surface area contributed by atoms with Crippen molar-refractivity contribution in [2.24, 2.45) is 5.92 Å². The second-order valence-electron chi connectivity index (χ2n) is 9.01. The zero-order valence-electron chi connectivity index (χ0n) is 21.1. The van der Waals surface area contributed by atoms with Crippen molar-refractivity contribution in [2.45, 2.75) is 39.0 Å². The average molecular weight is 533 g/mol. The predicted octanol–water partition coefficient (Wildman–Crippen LogP) is 6.37. The fourth-order valence-corrected chi connectivity index (χ4v) is 3.69. The number of hydrogen-bond acceptors (Lipinski definition) is 5. The molecule has 0 bridgehead atoms. The van der Waals surface area contributed by atoms with E-state index in [1.54, 1.807) is 12.1 Å². The summed E-state index contributed by atoms with van der Waals surface area (Å²) in [6.45, 7) is 3.98. The highest BCUT2D eigenvalue weighted by molar-refractivity contribution is 5.94. The second kappa shape index (κ2) is 12.5. The lowest BCUT2D eigenvalue weighted by Crippen LogP contribution is -2.26. The number of ether oxygens (including phenoxy) is 2. The van der Waals surface area contributed by atoms with Gasteiger partial charge in [-0.3, -0.25) is 14.6 Å². The molecule has 1 atom stereocenters. The molecular weight excluding hydrogens is 504 g/mol. The van der Waals surface area contributed by atoms with Crippen LogP contribution in [0.2, 0.25) is 0 Å². The highest BCUT2D eigenvalue weighted by Crippen LogP contribution is 2.32. The summed E-state index contributed by atoms with van der Waals surface area (Å²) < 4.78 is 64.1. The molecule has 10 heteroatoms. The first-order valence-electron chi connectivity index (χ1n) is 11.9. The van der Waals surface area contributed by atoms with Gasteiger partial charge in [0.15, 0.2) is 0 Å². The number of esters is 1. The molecular formula is C28H28F4N2O4. The number of alkyl halides is 3. The van der Waals surface area contributed by atoms with Crippen molar-refractivity contribution >= 4 is 11.9 Å². The SMILES string of the molecule is COC(=O)CCNC(=O)c1ccc(C(CC(C)C)Oc2ccc(-c3ccc(C(F)(F)F)cc3)nc2)c(F)c1. The Morgan fingerprint density at radius 3 is 2.29 bits per heavy atom. The van der Waals surface area contributed by atoms with Gasteiger partial charge in [-0.2, -0.15) is 13.2 Å². The fraction of sp³-hybridized carbons (Fsp3) is 0.321. The molecule has 0 radical (unpaired) electrons. The third kappa shape index (κ3) is 7.77. The monoisotopic (exact) mass is 532 g/mol. The summed E-state index contributed by atoms with van der Waals surface area (Å²) in [5.74, 6) is -1.10. The van der Waals surface area contributed by atoms with E-state index in [9.17, 15) is 22.8 Å². The Labute approximate surface area is 218 Å². The van der Waals surface area contributed by atoms with Crippen LogP contribution in [-0.4, -0.2) is 30.5 Å². The zero-order valence-corrected chi connectivity index (χ0v) is 21.1. The van der Waals surface area contributed by atoms with E-state index in [0.29, 0.717) is 23.4 Å². The van der Waals surface area contributed by atoms with Gasteiger partial charge in [-0.25, -0.2) is 4.39 Å². The Bertz CT molecular complexity index is 1240. The number of halogens is 4. The summed E-state index contributed by atoms with van der Waals surface area (Å²) in [5, 5.41) is 2.54. The van der Waals surface area contributed by atoms with E-state index in [1.807, 2.05) is 13.8 Å². The number of amides is 1. The van der Waals surface area contributed by atoms with Crippen molar-refractivity contribution in [3.05, 3.63) is 83.3 Å². The van der Waals surface area contributed by atoms with Crippen LogP contribution in [0.25, 0.3) is 11.3 Å². The minimum atomic E-state index is -4.42. The Morgan fingerprint density at radius 2 is 1.74 bits per heavy atom. The highest BCUT2D eigenvalue weighted by Gasteiger charge is 2.30. The quantitative estimate of drug-likeness (QED) is 0.243. The van der Waals surface area contributed by atoms with E-state index in [-0.39, 0.29) is 30.0 Å². The normalized spacial score (nSPS) is 12.2. The molecule has 0 fully saturated rings. The molecule has 0 aliphatic rings. The number of carbonyl (C=O) groups is 2. The predicted molar refractivity (Wildman–Crippen MR) is 133 cm³/mol. The van der Waals surface area contributed by atoms with Gasteiger partial charge in [0, 0.05) is 23.2 Å². The molecule has 0 aliphatic heterocycles. The maximum absolute atomic E-state index is 15.1. The summed E-state index contributed by atoms with van der Waals surface area (Å²) in [4.78, 5) is 27.8. The standard InChI is InChI=1S/C28H28F4N2O4/c1-17(2)14-25(22-10-6-19(15-23(22)29)27(36)33-13-12-26(35)37-3)38-21-9-11-24(34-16-21)18-4-7-20(8-5-18)28(30,31)32/h4-11,15-17,25H,12-14H2,1-3H3,(H,33,36). The number of methoxy groups -OCH3 is 1. The van der Waals surface area contributed by atoms with Crippen molar-refractivity contribution < 1.29 is 36.6 Å². The topological polar surface area (TPSA) is 77.5 Å². The van der Waals surface area contributed by atoms with Crippen LogP contribution < -0.4 is 10.1 Å². The van der Waals surface area contributed by atoms with Gasteiger partial charge in [0.1, 0.15) is 17.7 Å². The molecule has 6 nitrogen and oxygen atoms in total. The molecule has 1 heterocycles. The van der Waals surface area contributed by atoms with Gasteiger partial charge >= 0.3 is 12.1 Å². The van der Waals surface area contributed by atoms with Crippen molar-refractivity contribution in [2.75, 3.05) is 13.7 Å². The molecule has 2 aromatic carbocycles. The molecule has 1 aromatic heterocycles. The number of pyridine rings is 1. The largest absolute Gasteiger partial charge is 0.484 e. The smallest absolute Gasteiger partial charge is 0.416 e. The Kier molecular flexibility index (Phi) is 9.44. The molecule has 1 N–H and O–H groups in total. The lowest BCUT2D eigenvalue weighted by atomic mass is 9.97. The van der Waals surface area contributed by atoms with Crippen LogP contribution in [-0.2, 0) is 15.7 Å². The van der Waals surface area contributed by atoms with E-state index >= 15 is 4.39 Å². The molecule has 1 unspecified atom stereocenters. The zero-order chi connectivity index (χ0) is 27.9. The first-order valence-corrected chi connectivity index (χ1v) is 11.9. The number of nitrogens with zero attached hydrogens (tertiary/aromatic N) is 1. The molecule has 3 aromatic rings. The molecule has 0 saturated carbocycles. The van der Waals surface area contributed by atoms with Crippen molar-refractivity contribution in [1.82, 2.24) is 10.3 Å². The summed E-state index contributed by atoms with van der Waals surface area (Å²) >= 11 is 0. The van der Waals surface area contributed by atoms with Gasteiger partial charge in [0.25, 0.3) is 5.91 Å². The third-order valence-electron chi connectivity index (χ3n) is 5.66. The van der Waals surface area contributed by atoms with Crippen molar-refractivity contribution in [1.29, 1.82) is 0 Å². The first kappa shape index (κ1) is 28.6. The summed E-state index contributed by atoms with van der Waals surface area (Å²) in [7, 11) is 1.25. The van der Waals surface area contributed by atoms with Crippen LogP contribution >= 0.6 is 0 Å². The minimum absolute atomic E-state index is 0.00119. The number of nitrogens with one attached hydrogen (secondary N) is 1. The van der Waals surface area contributed by atoms with E-state index in [4.69, 9.17) is 4.74 Å². The first-order chi connectivity index (χ1) is 18.0. The van der Waals surface area contributed by atoms with Crippen LogP contribution in [0.5, 0.6) is 5.75 Å². The highest BCUT2D eigenvalue weighted by atomic mass is 19.4. The molecule has 0 spiro atoms. The minimum Gasteiger partial charge on any atom is -0.484 e. The van der Waals surface area contributed by atoms with Crippen LogP contribution in [0.4, 0.5) is 17.6 Å². The molecule has 0 saturated heterocycles. The lowest BCUT2D eigenvalue weighted by Gasteiger charge is -2.22. The van der Waals surface area contributed by atoms with Crippen molar-refractivity contribution in [3.63, 3.8) is 0 Å². The molecule has 1 amide bonds. The Morgan fingerprint density at radius 1 is 1.03 bits per heavy atom. The van der Waals surface area contributed by atoms with E-state index < -0.39 is 35.5 Å². The van der Waals surface area contributed by atoms with E-state index in [0.717, 1.165) is 18.2 Å². The number of carbonyl (C=O) groups excluding carboxylic acids is 2. The molecule has 3 rings (SSSR count). The van der Waals surface area contributed by atoms with Crippen LogP contribution in [0, 0.1) is 11.7 Å².